The van der Waals surface area contributed by atoms with Crippen LogP contribution in [0.5, 0.6) is 0 Å². The summed E-state index contributed by atoms with van der Waals surface area (Å²) < 4.78 is 5.07. The maximum absolute atomic E-state index is 12.1. The Bertz CT molecular complexity index is 550. The molecule has 1 unspecified atom stereocenters. The quantitative estimate of drug-likeness (QED) is 0.724. The molecule has 18 heavy (non-hydrogen) atoms. The maximum atomic E-state index is 12.1. The van der Waals surface area contributed by atoms with Crippen LogP contribution in [0.3, 0.4) is 0 Å². The van der Waals surface area contributed by atoms with Gasteiger partial charge in [0.05, 0.1) is 11.3 Å². The predicted molar refractivity (Wildman–Crippen MR) is 66.0 cm³/mol. The zero-order valence-corrected chi connectivity index (χ0v) is 10.9. The van der Waals surface area contributed by atoms with Gasteiger partial charge in [0, 0.05) is 19.0 Å². The van der Waals surface area contributed by atoms with E-state index in [0.29, 0.717) is 11.3 Å². The van der Waals surface area contributed by atoms with Crippen molar-refractivity contribution in [3.63, 3.8) is 0 Å². The lowest BCUT2D eigenvalue weighted by atomic mass is 10.0. The number of esters is 1. The number of urea groups is 1. The summed E-state index contributed by atoms with van der Waals surface area (Å²) in [4.78, 5) is 28.1. The van der Waals surface area contributed by atoms with Crippen LogP contribution in [0.1, 0.15) is 10.9 Å². The first-order chi connectivity index (χ1) is 8.61. The SMILES string of the molecule is CN1C(=O)N(C)C(c2cccs2)C2=C1COC2=O. The second kappa shape index (κ2) is 3.84. The van der Waals surface area contributed by atoms with E-state index < -0.39 is 0 Å². The van der Waals surface area contributed by atoms with Gasteiger partial charge in [0.15, 0.2) is 0 Å². The molecule has 2 amide bonds. The first kappa shape index (κ1) is 11.3. The van der Waals surface area contributed by atoms with Crippen molar-refractivity contribution in [2.24, 2.45) is 0 Å². The summed E-state index contributed by atoms with van der Waals surface area (Å²) in [5.41, 5.74) is 1.27. The summed E-state index contributed by atoms with van der Waals surface area (Å²) >= 11 is 1.53. The molecule has 3 rings (SSSR count). The molecule has 0 bridgehead atoms. The van der Waals surface area contributed by atoms with E-state index in [1.165, 1.54) is 16.2 Å². The molecule has 0 N–H and O–H groups in total. The molecular formula is C12H12N2O3S. The molecule has 1 aromatic heterocycles. The standard InChI is InChI=1S/C12H12N2O3S/c1-13-7-6-17-11(15)9(7)10(14(2)12(13)16)8-4-3-5-18-8/h3-5,10H,6H2,1-2H3. The molecule has 0 saturated carbocycles. The Labute approximate surface area is 108 Å². The zero-order chi connectivity index (χ0) is 12.9. The van der Waals surface area contributed by atoms with Crippen molar-refractivity contribution in [3.05, 3.63) is 33.7 Å². The van der Waals surface area contributed by atoms with Gasteiger partial charge in [-0.25, -0.2) is 9.59 Å². The van der Waals surface area contributed by atoms with E-state index in [1.54, 1.807) is 19.0 Å². The number of likely N-dealkylation sites (N-methyl/N-ethyl adjacent to an activating group) is 2. The molecule has 2 aliphatic rings. The Morgan fingerprint density at radius 1 is 1.39 bits per heavy atom. The molecule has 5 nitrogen and oxygen atoms in total. The molecule has 0 aliphatic carbocycles. The van der Waals surface area contributed by atoms with Crippen molar-refractivity contribution in [1.29, 1.82) is 0 Å². The maximum Gasteiger partial charge on any atom is 0.338 e. The van der Waals surface area contributed by atoms with Gasteiger partial charge in [-0.1, -0.05) is 6.07 Å². The fourth-order valence-corrected chi connectivity index (χ4v) is 3.27. The van der Waals surface area contributed by atoms with Crippen molar-refractivity contribution >= 4 is 23.3 Å². The third-order valence-corrected chi connectivity index (χ3v) is 4.26. The highest BCUT2D eigenvalue weighted by atomic mass is 32.1. The number of carbonyl (C=O) groups is 2. The van der Waals surface area contributed by atoms with Gasteiger partial charge in [-0.2, -0.15) is 0 Å². The molecule has 0 aromatic carbocycles. The van der Waals surface area contributed by atoms with Crippen LogP contribution in [0, 0.1) is 0 Å². The summed E-state index contributed by atoms with van der Waals surface area (Å²) in [5.74, 6) is -0.324. The molecule has 0 radical (unpaired) electrons. The molecule has 6 heteroatoms. The van der Waals surface area contributed by atoms with Crippen molar-refractivity contribution in [1.82, 2.24) is 9.80 Å². The van der Waals surface area contributed by atoms with Gasteiger partial charge >= 0.3 is 12.0 Å². The molecule has 0 fully saturated rings. The Hall–Kier alpha value is -1.82. The van der Waals surface area contributed by atoms with Crippen LogP contribution >= 0.6 is 11.3 Å². The predicted octanol–water partition coefficient (Wildman–Crippen LogP) is 1.60. The first-order valence-electron chi connectivity index (χ1n) is 5.55. The number of rotatable bonds is 1. The molecule has 1 atom stereocenters. The van der Waals surface area contributed by atoms with Crippen LogP contribution in [0.4, 0.5) is 4.79 Å². The number of ether oxygens (including phenoxy) is 1. The molecule has 3 heterocycles. The smallest absolute Gasteiger partial charge is 0.338 e. The van der Waals surface area contributed by atoms with E-state index in [1.807, 2.05) is 17.5 Å². The minimum Gasteiger partial charge on any atom is -0.456 e. The van der Waals surface area contributed by atoms with Crippen molar-refractivity contribution in [2.75, 3.05) is 20.7 Å². The average molecular weight is 264 g/mol. The van der Waals surface area contributed by atoms with Crippen molar-refractivity contribution in [3.8, 4) is 0 Å². The summed E-state index contributed by atoms with van der Waals surface area (Å²) in [7, 11) is 3.37. The molecule has 0 spiro atoms. The molecule has 94 valence electrons. The van der Waals surface area contributed by atoms with Gasteiger partial charge in [-0.05, 0) is 11.4 Å². The summed E-state index contributed by atoms with van der Waals surface area (Å²) in [6.07, 6.45) is 0. The lowest BCUT2D eigenvalue weighted by Crippen LogP contribution is -2.46. The minimum absolute atomic E-state index is 0.120. The van der Waals surface area contributed by atoms with Crippen LogP contribution in [-0.2, 0) is 9.53 Å². The zero-order valence-electron chi connectivity index (χ0n) is 10.0. The topological polar surface area (TPSA) is 49.9 Å². The minimum atomic E-state index is -0.324. The number of nitrogens with zero attached hydrogens (tertiary/aromatic N) is 2. The highest BCUT2D eigenvalue weighted by Gasteiger charge is 2.44. The Balaban J connectivity index is 2.16. The Kier molecular flexibility index (Phi) is 2.41. The van der Waals surface area contributed by atoms with Crippen LogP contribution in [0.2, 0.25) is 0 Å². The number of hydrogen-bond donors (Lipinski definition) is 0. The largest absolute Gasteiger partial charge is 0.456 e. The third kappa shape index (κ3) is 1.38. The fraction of sp³-hybridized carbons (Fsp3) is 0.333. The van der Waals surface area contributed by atoms with E-state index in [-0.39, 0.29) is 24.6 Å². The molecular weight excluding hydrogens is 252 g/mol. The number of cyclic esters (lactones) is 1. The van der Waals surface area contributed by atoms with E-state index in [9.17, 15) is 9.59 Å². The Morgan fingerprint density at radius 3 is 2.83 bits per heavy atom. The van der Waals surface area contributed by atoms with Gasteiger partial charge in [-0.3, -0.25) is 4.90 Å². The average Bonchev–Trinajstić information content (AvgIpc) is 2.98. The lowest BCUT2D eigenvalue weighted by molar-refractivity contribution is -0.136. The third-order valence-electron chi connectivity index (χ3n) is 3.34. The van der Waals surface area contributed by atoms with Gasteiger partial charge in [0.1, 0.15) is 12.6 Å². The summed E-state index contributed by atoms with van der Waals surface area (Å²) in [6, 6.07) is 3.40. The van der Waals surface area contributed by atoms with Crippen molar-refractivity contribution in [2.45, 2.75) is 6.04 Å². The van der Waals surface area contributed by atoms with E-state index >= 15 is 0 Å². The second-order valence-electron chi connectivity index (χ2n) is 4.31. The Morgan fingerprint density at radius 2 is 2.17 bits per heavy atom. The number of carbonyl (C=O) groups excluding carboxylic acids is 2. The normalized spacial score (nSPS) is 23.6. The second-order valence-corrected chi connectivity index (χ2v) is 5.29. The molecule has 0 saturated heterocycles. The molecule has 2 aliphatic heterocycles. The van der Waals surface area contributed by atoms with Gasteiger partial charge in [-0.15, -0.1) is 11.3 Å². The van der Waals surface area contributed by atoms with E-state index in [2.05, 4.69) is 0 Å². The first-order valence-corrected chi connectivity index (χ1v) is 6.43. The molecule has 1 aromatic rings. The van der Waals surface area contributed by atoms with Crippen LogP contribution in [-0.4, -0.2) is 42.5 Å². The van der Waals surface area contributed by atoms with Gasteiger partial charge < -0.3 is 9.64 Å². The van der Waals surface area contributed by atoms with Crippen LogP contribution in [0.25, 0.3) is 0 Å². The monoisotopic (exact) mass is 264 g/mol. The lowest BCUT2D eigenvalue weighted by Gasteiger charge is -2.36. The van der Waals surface area contributed by atoms with Gasteiger partial charge in [0.2, 0.25) is 0 Å². The fourth-order valence-electron chi connectivity index (χ4n) is 2.39. The van der Waals surface area contributed by atoms with Crippen LogP contribution in [0.15, 0.2) is 28.8 Å². The van der Waals surface area contributed by atoms with E-state index in [4.69, 9.17) is 4.74 Å². The number of thiophene rings is 1. The van der Waals surface area contributed by atoms with E-state index in [0.717, 1.165) is 4.88 Å². The highest BCUT2D eigenvalue weighted by Crippen LogP contribution is 2.40. The highest BCUT2D eigenvalue weighted by molar-refractivity contribution is 7.10. The summed E-state index contributed by atoms with van der Waals surface area (Å²) in [6.45, 7) is 0.187. The van der Waals surface area contributed by atoms with Gasteiger partial charge in [0.25, 0.3) is 0 Å². The number of hydrogen-bond acceptors (Lipinski definition) is 4. The van der Waals surface area contributed by atoms with Crippen LogP contribution < -0.4 is 0 Å². The van der Waals surface area contributed by atoms with Crippen molar-refractivity contribution < 1.29 is 14.3 Å². The number of amides is 2. The summed E-state index contributed by atoms with van der Waals surface area (Å²) in [5, 5.41) is 1.94.